The Labute approximate surface area is 118 Å². The lowest BCUT2D eigenvalue weighted by molar-refractivity contribution is 0.395. The first-order valence-corrected chi connectivity index (χ1v) is 6.32. The normalized spacial score (nSPS) is 9.95. The minimum Gasteiger partial charge on any atom is -0.497 e. The maximum absolute atomic E-state index is 5.23. The molecular formula is C14H18N4O2. The van der Waals surface area contributed by atoms with Crippen molar-refractivity contribution in [2.24, 2.45) is 0 Å². The summed E-state index contributed by atoms with van der Waals surface area (Å²) >= 11 is 0. The van der Waals surface area contributed by atoms with Crippen LogP contribution in [0, 0.1) is 0 Å². The van der Waals surface area contributed by atoms with Gasteiger partial charge in [-0.2, -0.15) is 4.98 Å². The van der Waals surface area contributed by atoms with Gasteiger partial charge in [0.1, 0.15) is 17.3 Å². The van der Waals surface area contributed by atoms with E-state index in [4.69, 9.17) is 9.47 Å². The number of aromatic nitrogens is 2. The molecule has 0 aliphatic rings. The Kier molecular flexibility index (Phi) is 4.60. The second kappa shape index (κ2) is 6.60. The quantitative estimate of drug-likeness (QED) is 0.844. The molecular weight excluding hydrogens is 256 g/mol. The summed E-state index contributed by atoms with van der Waals surface area (Å²) in [4.78, 5) is 8.48. The van der Waals surface area contributed by atoms with E-state index in [0.717, 1.165) is 12.2 Å². The number of ether oxygens (including phenoxy) is 2. The zero-order valence-corrected chi connectivity index (χ0v) is 11.8. The molecule has 2 N–H and O–H groups in total. The molecule has 0 atom stereocenters. The molecule has 6 nitrogen and oxygen atoms in total. The first kappa shape index (κ1) is 13.9. The second-order valence-corrected chi connectivity index (χ2v) is 4.02. The van der Waals surface area contributed by atoms with E-state index in [1.165, 1.54) is 0 Å². The Morgan fingerprint density at radius 1 is 1.10 bits per heavy atom. The van der Waals surface area contributed by atoms with Crippen molar-refractivity contribution in [1.82, 2.24) is 9.97 Å². The van der Waals surface area contributed by atoms with Gasteiger partial charge >= 0.3 is 0 Å². The van der Waals surface area contributed by atoms with Gasteiger partial charge in [0.25, 0.3) is 0 Å². The number of hydrogen-bond acceptors (Lipinski definition) is 6. The average Bonchev–Trinajstić information content (AvgIpc) is 2.47. The van der Waals surface area contributed by atoms with E-state index in [0.29, 0.717) is 23.3 Å². The fourth-order valence-electron chi connectivity index (χ4n) is 1.70. The highest BCUT2D eigenvalue weighted by Crippen LogP contribution is 2.27. The molecule has 6 heteroatoms. The molecule has 0 radical (unpaired) electrons. The zero-order valence-electron chi connectivity index (χ0n) is 11.8. The minimum atomic E-state index is 0.590. The van der Waals surface area contributed by atoms with Crippen LogP contribution in [0.5, 0.6) is 11.5 Å². The Morgan fingerprint density at radius 2 is 1.80 bits per heavy atom. The van der Waals surface area contributed by atoms with Crippen molar-refractivity contribution in [2.45, 2.75) is 6.92 Å². The third-order valence-corrected chi connectivity index (χ3v) is 2.61. The lowest BCUT2D eigenvalue weighted by Crippen LogP contribution is -2.03. The first-order valence-electron chi connectivity index (χ1n) is 6.32. The summed E-state index contributed by atoms with van der Waals surface area (Å²) in [6, 6.07) is 7.36. The molecule has 0 fully saturated rings. The zero-order chi connectivity index (χ0) is 14.4. The highest BCUT2D eigenvalue weighted by Gasteiger charge is 2.04. The third-order valence-electron chi connectivity index (χ3n) is 2.61. The monoisotopic (exact) mass is 274 g/mol. The van der Waals surface area contributed by atoms with Crippen molar-refractivity contribution in [2.75, 3.05) is 31.4 Å². The SMILES string of the molecule is CCNc1nccc(Nc2cc(OC)cc(OC)c2)n1. The van der Waals surface area contributed by atoms with Crippen molar-refractivity contribution in [3.63, 3.8) is 0 Å². The number of anilines is 3. The van der Waals surface area contributed by atoms with Crippen molar-refractivity contribution < 1.29 is 9.47 Å². The van der Waals surface area contributed by atoms with Crippen LogP contribution in [0.15, 0.2) is 30.5 Å². The lowest BCUT2D eigenvalue weighted by atomic mass is 10.2. The van der Waals surface area contributed by atoms with Gasteiger partial charge in [0.05, 0.1) is 14.2 Å². The standard InChI is InChI=1S/C14H18N4O2/c1-4-15-14-16-6-5-13(18-14)17-10-7-11(19-2)9-12(8-10)20-3/h5-9H,4H2,1-3H3,(H2,15,16,17,18). The summed E-state index contributed by atoms with van der Waals surface area (Å²) in [7, 11) is 3.24. The Balaban J connectivity index is 2.22. The number of methoxy groups -OCH3 is 2. The molecule has 1 heterocycles. The topological polar surface area (TPSA) is 68.3 Å². The molecule has 0 saturated heterocycles. The predicted octanol–water partition coefficient (Wildman–Crippen LogP) is 2.67. The van der Waals surface area contributed by atoms with E-state index in [1.807, 2.05) is 25.1 Å². The van der Waals surface area contributed by atoms with Gasteiger partial charge in [-0.3, -0.25) is 0 Å². The molecule has 20 heavy (non-hydrogen) atoms. The van der Waals surface area contributed by atoms with Gasteiger partial charge in [0, 0.05) is 36.6 Å². The van der Waals surface area contributed by atoms with Crippen LogP contribution in [-0.2, 0) is 0 Å². The molecule has 0 spiro atoms. The van der Waals surface area contributed by atoms with Crippen LogP contribution >= 0.6 is 0 Å². The predicted molar refractivity (Wildman–Crippen MR) is 79.0 cm³/mol. The van der Waals surface area contributed by atoms with Crippen LogP contribution < -0.4 is 20.1 Å². The van der Waals surface area contributed by atoms with Gasteiger partial charge in [-0.05, 0) is 13.0 Å². The minimum absolute atomic E-state index is 0.590. The molecule has 2 rings (SSSR count). The third kappa shape index (κ3) is 3.50. The first-order chi connectivity index (χ1) is 9.75. The molecule has 2 aromatic rings. The highest BCUT2D eigenvalue weighted by molar-refractivity contribution is 5.61. The molecule has 0 unspecified atom stereocenters. The maximum Gasteiger partial charge on any atom is 0.224 e. The fraction of sp³-hybridized carbons (Fsp3) is 0.286. The van der Waals surface area contributed by atoms with Gasteiger partial charge in [0.2, 0.25) is 5.95 Å². The average molecular weight is 274 g/mol. The highest BCUT2D eigenvalue weighted by atomic mass is 16.5. The van der Waals surface area contributed by atoms with Crippen LogP contribution in [0.1, 0.15) is 6.92 Å². The number of nitrogens with zero attached hydrogens (tertiary/aromatic N) is 2. The van der Waals surface area contributed by atoms with E-state index < -0.39 is 0 Å². The van der Waals surface area contributed by atoms with Gasteiger partial charge in [0.15, 0.2) is 0 Å². The fourth-order valence-corrected chi connectivity index (χ4v) is 1.70. The molecule has 1 aromatic heterocycles. The number of rotatable bonds is 6. The number of benzene rings is 1. The van der Waals surface area contributed by atoms with E-state index in [1.54, 1.807) is 26.5 Å². The van der Waals surface area contributed by atoms with Crippen molar-refractivity contribution in [1.29, 1.82) is 0 Å². The molecule has 106 valence electrons. The van der Waals surface area contributed by atoms with Crippen LogP contribution in [0.4, 0.5) is 17.5 Å². The Bertz CT molecular complexity index is 553. The van der Waals surface area contributed by atoms with E-state index in [9.17, 15) is 0 Å². The summed E-state index contributed by atoms with van der Waals surface area (Å²) in [6.45, 7) is 2.77. The van der Waals surface area contributed by atoms with Gasteiger partial charge < -0.3 is 20.1 Å². The second-order valence-electron chi connectivity index (χ2n) is 4.02. The molecule has 0 aliphatic heterocycles. The lowest BCUT2D eigenvalue weighted by Gasteiger charge is -2.10. The largest absolute Gasteiger partial charge is 0.497 e. The van der Waals surface area contributed by atoms with Gasteiger partial charge in [-0.1, -0.05) is 0 Å². The summed E-state index contributed by atoms with van der Waals surface area (Å²) in [5.41, 5.74) is 0.836. The van der Waals surface area contributed by atoms with E-state index in [2.05, 4.69) is 20.6 Å². The van der Waals surface area contributed by atoms with Crippen LogP contribution in [-0.4, -0.2) is 30.7 Å². The van der Waals surface area contributed by atoms with Crippen molar-refractivity contribution in [3.8, 4) is 11.5 Å². The smallest absolute Gasteiger partial charge is 0.224 e. The Morgan fingerprint density at radius 3 is 2.40 bits per heavy atom. The van der Waals surface area contributed by atoms with Crippen molar-refractivity contribution in [3.05, 3.63) is 30.5 Å². The molecule has 0 amide bonds. The molecule has 1 aromatic carbocycles. The summed E-state index contributed by atoms with van der Waals surface area (Å²) in [6.07, 6.45) is 1.70. The summed E-state index contributed by atoms with van der Waals surface area (Å²) < 4.78 is 10.5. The van der Waals surface area contributed by atoms with Crippen LogP contribution in [0.3, 0.4) is 0 Å². The van der Waals surface area contributed by atoms with Gasteiger partial charge in [-0.25, -0.2) is 4.98 Å². The summed E-state index contributed by atoms with van der Waals surface area (Å²) in [5.74, 6) is 2.72. The van der Waals surface area contributed by atoms with E-state index >= 15 is 0 Å². The van der Waals surface area contributed by atoms with Crippen molar-refractivity contribution >= 4 is 17.5 Å². The maximum atomic E-state index is 5.23. The molecule has 0 saturated carbocycles. The van der Waals surface area contributed by atoms with E-state index in [-0.39, 0.29) is 0 Å². The molecule has 0 bridgehead atoms. The van der Waals surface area contributed by atoms with Crippen LogP contribution in [0.25, 0.3) is 0 Å². The summed E-state index contributed by atoms with van der Waals surface area (Å²) in [5, 5.41) is 6.27. The molecule has 0 aliphatic carbocycles. The number of nitrogens with one attached hydrogen (secondary N) is 2. The Hall–Kier alpha value is -2.50. The van der Waals surface area contributed by atoms with Crippen LogP contribution in [0.2, 0.25) is 0 Å². The van der Waals surface area contributed by atoms with Gasteiger partial charge in [-0.15, -0.1) is 0 Å². The number of hydrogen-bond donors (Lipinski definition) is 2.